The topological polar surface area (TPSA) is 20.2 Å². The Labute approximate surface area is 82.4 Å². The highest BCUT2D eigenvalue weighted by Crippen LogP contribution is 2.61. The molecule has 1 N–H and O–H groups in total. The van der Waals surface area contributed by atoms with Gasteiger partial charge in [0.25, 0.3) is 0 Å². The Balaban J connectivity index is 1.74. The van der Waals surface area contributed by atoms with Crippen LogP contribution in [-0.4, -0.2) is 10.7 Å². The van der Waals surface area contributed by atoms with Crippen molar-refractivity contribution in [3.05, 3.63) is 22.4 Å². The zero-order chi connectivity index (χ0) is 8.89. The Morgan fingerprint density at radius 3 is 2.85 bits per heavy atom. The maximum absolute atomic E-state index is 10.3. The minimum absolute atomic E-state index is 0.302. The molecule has 1 nitrogen and oxygen atoms in total. The second kappa shape index (κ2) is 2.58. The van der Waals surface area contributed by atoms with Crippen molar-refractivity contribution in [3.63, 3.8) is 0 Å². The molecule has 1 heterocycles. The monoisotopic (exact) mass is 194 g/mol. The van der Waals surface area contributed by atoms with E-state index in [9.17, 15) is 5.11 Å². The van der Waals surface area contributed by atoms with E-state index in [2.05, 4.69) is 17.5 Å². The first-order valence-corrected chi connectivity index (χ1v) is 5.93. The van der Waals surface area contributed by atoms with Crippen molar-refractivity contribution in [3.8, 4) is 0 Å². The van der Waals surface area contributed by atoms with Crippen LogP contribution in [0.4, 0.5) is 0 Å². The second-order valence-electron chi connectivity index (χ2n) is 4.39. The van der Waals surface area contributed by atoms with Gasteiger partial charge in [-0.15, -0.1) is 11.3 Å². The molecule has 0 radical (unpaired) electrons. The smallest absolute Gasteiger partial charge is 0.0759 e. The Morgan fingerprint density at radius 1 is 1.46 bits per heavy atom. The van der Waals surface area contributed by atoms with E-state index in [-0.39, 0.29) is 5.60 Å². The Kier molecular flexibility index (Phi) is 1.59. The van der Waals surface area contributed by atoms with Gasteiger partial charge >= 0.3 is 0 Å². The van der Waals surface area contributed by atoms with Crippen LogP contribution in [0.3, 0.4) is 0 Å². The first-order valence-electron chi connectivity index (χ1n) is 5.05. The van der Waals surface area contributed by atoms with Crippen LogP contribution in [0.15, 0.2) is 17.5 Å². The lowest BCUT2D eigenvalue weighted by molar-refractivity contribution is 0.107. The Morgan fingerprint density at radius 2 is 2.23 bits per heavy atom. The van der Waals surface area contributed by atoms with Crippen molar-refractivity contribution in [2.45, 2.75) is 31.3 Å². The lowest BCUT2D eigenvalue weighted by Crippen LogP contribution is -2.18. The number of hydrogen-bond donors (Lipinski definition) is 1. The molecule has 0 aliphatic heterocycles. The highest BCUT2D eigenvalue weighted by molar-refractivity contribution is 7.09. The minimum atomic E-state index is -0.302. The summed E-state index contributed by atoms with van der Waals surface area (Å²) in [7, 11) is 0. The summed E-state index contributed by atoms with van der Waals surface area (Å²) in [6.45, 7) is 0. The van der Waals surface area contributed by atoms with E-state index in [1.165, 1.54) is 24.1 Å². The Bertz CT molecular complexity index is 294. The summed E-state index contributed by atoms with van der Waals surface area (Å²) < 4.78 is 0. The summed E-state index contributed by atoms with van der Waals surface area (Å²) in [4.78, 5) is 1.34. The number of thiophene rings is 1. The molecular weight excluding hydrogens is 180 g/mol. The molecule has 0 amide bonds. The third kappa shape index (κ3) is 1.09. The Hall–Kier alpha value is -0.340. The molecule has 1 aromatic rings. The van der Waals surface area contributed by atoms with Gasteiger partial charge in [0.15, 0.2) is 0 Å². The number of rotatable bonds is 2. The highest BCUT2D eigenvalue weighted by atomic mass is 32.1. The molecule has 0 spiro atoms. The standard InChI is InChI=1S/C11H14OS/c12-11(7-8-3-2-6-13-8)9-4-1-5-10(9)11/h2-3,6,9-10,12H,1,4-5,7H2. The molecule has 2 unspecified atom stereocenters. The molecule has 1 aromatic heterocycles. The molecule has 0 aromatic carbocycles. The summed E-state index contributed by atoms with van der Waals surface area (Å²) in [5.41, 5.74) is -0.302. The number of aliphatic hydroxyl groups is 1. The fraction of sp³-hybridized carbons (Fsp3) is 0.636. The summed E-state index contributed by atoms with van der Waals surface area (Å²) >= 11 is 1.77. The quantitative estimate of drug-likeness (QED) is 0.766. The number of fused-ring (bicyclic) bond motifs is 1. The molecule has 13 heavy (non-hydrogen) atoms. The van der Waals surface area contributed by atoms with E-state index < -0.39 is 0 Å². The average Bonchev–Trinajstić information content (AvgIpc) is 2.60. The van der Waals surface area contributed by atoms with Crippen molar-refractivity contribution in [1.29, 1.82) is 0 Å². The largest absolute Gasteiger partial charge is 0.389 e. The van der Waals surface area contributed by atoms with Gasteiger partial charge in [0.1, 0.15) is 0 Å². The van der Waals surface area contributed by atoms with Gasteiger partial charge in [-0.05, 0) is 36.1 Å². The predicted octanol–water partition coefficient (Wildman–Crippen LogP) is 2.45. The third-order valence-corrected chi connectivity index (χ3v) is 4.60. The zero-order valence-corrected chi connectivity index (χ0v) is 8.39. The average molecular weight is 194 g/mol. The maximum atomic E-state index is 10.3. The summed E-state index contributed by atoms with van der Waals surface area (Å²) in [6.07, 6.45) is 4.75. The molecule has 0 saturated heterocycles. The van der Waals surface area contributed by atoms with Crippen molar-refractivity contribution < 1.29 is 5.11 Å². The van der Waals surface area contributed by atoms with Crippen LogP contribution >= 0.6 is 11.3 Å². The van der Waals surface area contributed by atoms with E-state index in [1.807, 2.05) is 0 Å². The van der Waals surface area contributed by atoms with E-state index in [0.717, 1.165) is 6.42 Å². The van der Waals surface area contributed by atoms with Gasteiger partial charge in [-0.25, -0.2) is 0 Å². The molecule has 2 atom stereocenters. The van der Waals surface area contributed by atoms with Crippen LogP contribution in [0.1, 0.15) is 24.1 Å². The van der Waals surface area contributed by atoms with Gasteiger partial charge in [-0.1, -0.05) is 12.5 Å². The first kappa shape index (κ1) is 8.01. The molecule has 3 rings (SSSR count). The molecule has 2 heteroatoms. The molecule has 0 bridgehead atoms. The van der Waals surface area contributed by atoms with Crippen LogP contribution in [0.25, 0.3) is 0 Å². The maximum Gasteiger partial charge on any atom is 0.0759 e. The highest BCUT2D eigenvalue weighted by Gasteiger charge is 2.64. The van der Waals surface area contributed by atoms with E-state index >= 15 is 0 Å². The van der Waals surface area contributed by atoms with E-state index in [0.29, 0.717) is 11.8 Å². The third-order valence-electron chi connectivity index (χ3n) is 3.73. The van der Waals surface area contributed by atoms with E-state index in [4.69, 9.17) is 0 Å². The van der Waals surface area contributed by atoms with Crippen molar-refractivity contribution in [2.75, 3.05) is 0 Å². The fourth-order valence-electron chi connectivity index (χ4n) is 3.00. The molecular formula is C11H14OS. The normalized spacial score (nSPS) is 41.9. The molecule has 70 valence electrons. The minimum Gasteiger partial charge on any atom is -0.389 e. The van der Waals surface area contributed by atoms with Crippen molar-refractivity contribution >= 4 is 11.3 Å². The second-order valence-corrected chi connectivity index (χ2v) is 5.42. The van der Waals surface area contributed by atoms with Gasteiger partial charge in [-0.3, -0.25) is 0 Å². The lowest BCUT2D eigenvalue weighted by Gasteiger charge is -2.12. The predicted molar refractivity (Wildman–Crippen MR) is 53.8 cm³/mol. The van der Waals surface area contributed by atoms with Gasteiger partial charge in [0.2, 0.25) is 0 Å². The summed E-state index contributed by atoms with van der Waals surface area (Å²) in [6, 6.07) is 4.21. The molecule has 2 saturated carbocycles. The molecule has 2 aliphatic rings. The zero-order valence-electron chi connectivity index (χ0n) is 7.57. The van der Waals surface area contributed by atoms with Crippen LogP contribution in [0.2, 0.25) is 0 Å². The van der Waals surface area contributed by atoms with Gasteiger partial charge in [0.05, 0.1) is 5.60 Å². The van der Waals surface area contributed by atoms with Crippen molar-refractivity contribution in [2.24, 2.45) is 11.8 Å². The van der Waals surface area contributed by atoms with Crippen LogP contribution in [0.5, 0.6) is 0 Å². The van der Waals surface area contributed by atoms with Gasteiger partial charge in [-0.2, -0.15) is 0 Å². The summed E-state index contributed by atoms with van der Waals surface area (Å²) in [5, 5.41) is 12.4. The molecule has 2 fully saturated rings. The van der Waals surface area contributed by atoms with Gasteiger partial charge < -0.3 is 5.11 Å². The van der Waals surface area contributed by atoms with Crippen LogP contribution in [-0.2, 0) is 6.42 Å². The fourth-order valence-corrected chi connectivity index (χ4v) is 3.81. The van der Waals surface area contributed by atoms with Crippen molar-refractivity contribution in [1.82, 2.24) is 0 Å². The van der Waals surface area contributed by atoms with Gasteiger partial charge in [0, 0.05) is 11.3 Å². The first-order chi connectivity index (χ1) is 6.31. The van der Waals surface area contributed by atoms with Crippen LogP contribution in [0, 0.1) is 11.8 Å². The number of hydrogen-bond acceptors (Lipinski definition) is 2. The molecule has 2 aliphatic carbocycles. The lowest BCUT2D eigenvalue weighted by atomic mass is 10.0. The van der Waals surface area contributed by atoms with E-state index in [1.54, 1.807) is 11.3 Å². The van der Waals surface area contributed by atoms with Crippen LogP contribution < -0.4 is 0 Å². The SMILES string of the molecule is OC1(Cc2cccs2)C2CCCC21. The summed E-state index contributed by atoms with van der Waals surface area (Å²) in [5.74, 6) is 1.27.